The van der Waals surface area contributed by atoms with Crippen LogP contribution in [0, 0.1) is 0 Å². The summed E-state index contributed by atoms with van der Waals surface area (Å²) < 4.78 is 13.7. The zero-order valence-electron chi connectivity index (χ0n) is 9.58. The molecular weight excluding hydrogens is 323 g/mol. The van der Waals surface area contributed by atoms with Crippen molar-refractivity contribution in [2.75, 3.05) is 11.9 Å². The molecule has 0 radical (unpaired) electrons. The van der Waals surface area contributed by atoms with Crippen LogP contribution in [0.25, 0.3) is 0 Å². The van der Waals surface area contributed by atoms with Crippen LogP contribution in [0.3, 0.4) is 0 Å². The van der Waals surface area contributed by atoms with E-state index in [9.17, 15) is 14.0 Å². The second kappa shape index (κ2) is 5.47. The number of hydrogen-bond acceptors (Lipinski definition) is 4. The highest BCUT2D eigenvalue weighted by Gasteiger charge is 2.40. The summed E-state index contributed by atoms with van der Waals surface area (Å²) in [6.07, 6.45) is -0.0530. The number of carbonyl (C=O) groups excluding carboxylic acids is 1. The Morgan fingerprint density at radius 1 is 1.53 bits per heavy atom. The molecule has 0 saturated carbocycles. The van der Waals surface area contributed by atoms with Gasteiger partial charge in [-0.1, -0.05) is 0 Å². The zero-order valence-corrected chi connectivity index (χ0v) is 11.2. The summed E-state index contributed by atoms with van der Waals surface area (Å²) in [6.45, 7) is -0.294. The van der Waals surface area contributed by atoms with Crippen molar-refractivity contribution >= 4 is 33.7 Å². The predicted molar refractivity (Wildman–Crippen MR) is 66.4 cm³/mol. The summed E-state index contributed by atoms with van der Waals surface area (Å²) in [5, 5.41) is 11.3. The van der Waals surface area contributed by atoms with Crippen molar-refractivity contribution in [2.24, 2.45) is 0 Å². The largest absolute Gasteiger partial charge is 0.465 e. The lowest BCUT2D eigenvalue weighted by molar-refractivity contribution is -0.120. The average Bonchev–Trinajstić information content (AvgIpc) is 2.71. The van der Waals surface area contributed by atoms with Crippen LogP contribution in [-0.2, 0) is 4.79 Å². The van der Waals surface area contributed by atoms with Gasteiger partial charge in [0.1, 0.15) is 16.8 Å². The van der Waals surface area contributed by atoms with Crippen LogP contribution < -0.4 is 5.32 Å². The molecule has 2 N–H and O–H groups in total. The smallest absolute Gasteiger partial charge is 0.408 e. The molecule has 19 heavy (non-hydrogen) atoms. The van der Waals surface area contributed by atoms with Gasteiger partial charge in [-0.15, -0.1) is 0 Å². The molecular formula is C10H10BrFN4O3. The Balaban J connectivity index is 2.09. The zero-order chi connectivity index (χ0) is 14.0. The summed E-state index contributed by atoms with van der Waals surface area (Å²) in [7, 11) is 0. The fourth-order valence-electron chi connectivity index (χ4n) is 1.86. The van der Waals surface area contributed by atoms with E-state index in [0.29, 0.717) is 4.60 Å². The first-order valence-electron chi connectivity index (χ1n) is 5.39. The summed E-state index contributed by atoms with van der Waals surface area (Å²) in [5.41, 5.74) is 0. The molecule has 2 unspecified atom stereocenters. The summed E-state index contributed by atoms with van der Waals surface area (Å²) in [6, 6.07) is -1.05. The number of nitrogens with zero attached hydrogens (tertiary/aromatic N) is 3. The highest BCUT2D eigenvalue weighted by Crippen LogP contribution is 2.21. The number of nitrogens with one attached hydrogen (secondary N) is 1. The third-order valence-corrected chi connectivity index (χ3v) is 3.04. The molecule has 7 nitrogen and oxygen atoms in total. The first-order valence-corrected chi connectivity index (χ1v) is 6.18. The maximum Gasteiger partial charge on any atom is 0.408 e. The van der Waals surface area contributed by atoms with E-state index in [2.05, 4.69) is 31.2 Å². The van der Waals surface area contributed by atoms with E-state index >= 15 is 0 Å². The van der Waals surface area contributed by atoms with Gasteiger partial charge in [0, 0.05) is 6.42 Å². The number of likely N-dealkylation sites (tertiary alicyclic amines) is 1. The van der Waals surface area contributed by atoms with Crippen molar-refractivity contribution in [3.8, 4) is 0 Å². The van der Waals surface area contributed by atoms with E-state index in [1.165, 1.54) is 12.4 Å². The number of anilines is 1. The van der Waals surface area contributed by atoms with Crippen LogP contribution in [0.5, 0.6) is 0 Å². The van der Waals surface area contributed by atoms with Crippen LogP contribution in [0.4, 0.5) is 15.0 Å². The van der Waals surface area contributed by atoms with Gasteiger partial charge in [0.25, 0.3) is 0 Å². The average molecular weight is 333 g/mol. The third-order valence-electron chi connectivity index (χ3n) is 2.65. The fraction of sp³-hybridized carbons (Fsp3) is 0.400. The minimum Gasteiger partial charge on any atom is -0.465 e. The minimum absolute atomic E-state index is 0.153. The van der Waals surface area contributed by atoms with Crippen LogP contribution in [-0.4, -0.2) is 50.7 Å². The molecule has 2 rings (SSSR count). The Labute approximate surface area is 116 Å². The SMILES string of the molecule is O=C(Nc1cncc(Br)n1)C1CC(F)CN1C(=O)O. The number of hydrogen-bond donors (Lipinski definition) is 2. The summed E-state index contributed by atoms with van der Waals surface area (Å²) in [5.74, 6) is -0.443. The quantitative estimate of drug-likeness (QED) is 0.850. The van der Waals surface area contributed by atoms with Crippen molar-refractivity contribution in [1.82, 2.24) is 14.9 Å². The molecule has 1 aliphatic rings. The first-order chi connectivity index (χ1) is 8.97. The van der Waals surface area contributed by atoms with Crippen molar-refractivity contribution in [1.29, 1.82) is 0 Å². The number of rotatable bonds is 2. The maximum atomic E-state index is 13.2. The van der Waals surface area contributed by atoms with E-state index in [-0.39, 0.29) is 18.8 Å². The molecule has 2 amide bonds. The highest BCUT2D eigenvalue weighted by atomic mass is 79.9. The molecule has 1 fully saturated rings. The molecule has 0 aliphatic carbocycles. The molecule has 0 spiro atoms. The van der Waals surface area contributed by atoms with Crippen molar-refractivity contribution in [3.63, 3.8) is 0 Å². The lowest BCUT2D eigenvalue weighted by Gasteiger charge is -2.19. The van der Waals surface area contributed by atoms with Gasteiger partial charge in [-0.3, -0.25) is 14.7 Å². The number of halogens is 2. The van der Waals surface area contributed by atoms with Crippen LogP contribution in [0.2, 0.25) is 0 Å². The van der Waals surface area contributed by atoms with E-state index < -0.39 is 24.2 Å². The Morgan fingerprint density at radius 3 is 2.89 bits per heavy atom. The lowest BCUT2D eigenvalue weighted by atomic mass is 10.2. The summed E-state index contributed by atoms with van der Waals surface area (Å²) in [4.78, 5) is 31.4. The molecule has 0 bridgehead atoms. The Hall–Kier alpha value is -1.77. The summed E-state index contributed by atoms with van der Waals surface area (Å²) >= 11 is 3.09. The van der Waals surface area contributed by atoms with Crippen molar-refractivity contribution in [2.45, 2.75) is 18.6 Å². The molecule has 1 saturated heterocycles. The number of carboxylic acid groups (broad SMARTS) is 1. The predicted octanol–water partition coefficient (Wildman–Crippen LogP) is 1.27. The Morgan fingerprint density at radius 2 is 2.26 bits per heavy atom. The standard InChI is InChI=1S/C10H10BrFN4O3/c11-7-2-13-3-8(14-7)15-9(17)6-1-5(12)4-16(6)10(18)19/h2-3,5-6H,1,4H2,(H,18,19)(H,14,15,17). The molecule has 9 heteroatoms. The number of amides is 2. The van der Waals surface area contributed by atoms with Gasteiger partial charge in [0.2, 0.25) is 5.91 Å². The molecule has 1 aliphatic heterocycles. The van der Waals surface area contributed by atoms with E-state index in [1.807, 2.05) is 0 Å². The van der Waals surface area contributed by atoms with Gasteiger partial charge in [-0.25, -0.2) is 14.2 Å². The molecule has 1 aromatic rings. The van der Waals surface area contributed by atoms with Gasteiger partial charge >= 0.3 is 6.09 Å². The van der Waals surface area contributed by atoms with E-state index in [0.717, 1.165) is 4.90 Å². The van der Waals surface area contributed by atoms with E-state index in [1.54, 1.807) is 0 Å². The highest BCUT2D eigenvalue weighted by molar-refractivity contribution is 9.10. The van der Waals surface area contributed by atoms with Crippen molar-refractivity contribution < 1.29 is 19.1 Å². The normalized spacial score (nSPS) is 22.3. The second-order valence-electron chi connectivity index (χ2n) is 4.00. The molecule has 102 valence electrons. The Bertz CT molecular complexity index is 515. The molecule has 1 aromatic heterocycles. The molecule has 2 heterocycles. The van der Waals surface area contributed by atoms with Gasteiger partial charge in [-0.2, -0.15) is 0 Å². The van der Waals surface area contributed by atoms with Gasteiger partial charge in [0.05, 0.1) is 18.9 Å². The van der Waals surface area contributed by atoms with Crippen LogP contribution >= 0.6 is 15.9 Å². The van der Waals surface area contributed by atoms with Gasteiger partial charge in [-0.05, 0) is 15.9 Å². The maximum absolute atomic E-state index is 13.2. The second-order valence-corrected chi connectivity index (χ2v) is 4.81. The monoisotopic (exact) mass is 332 g/mol. The first kappa shape index (κ1) is 13.7. The number of aromatic nitrogens is 2. The fourth-order valence-corrected chi connectivity index (χ4v) is 2.17. The lowest BCUT2D eigenvalue weighted by Crippen LogP contribution is -2.42. The Kier molecular flexibility index (Phi) is 3.93. The van der Waals surface area contributed by atoms with Gasteiger partial charge in [0.15, 0.2) is 5.82 Å². The minimum atomic E-state index is -1.33. The number of alkyl halides is 1. The topological polar surface area (TPSA) is 95.4 Å². The number of carbonyl (C=O) groups is 2. The van der Waals surface area contributed by atoms with E-state index in [4.69, 9.17) is 5.11 Å². The third kappa shape index (κ3) is 3.16. The molecule has 0 aromatic carbocycles. The van der Waals surface area contributed by atoms with Crippen LogP contribution in [0.1, 0.15) is 6.42 Å². The van der Waals surface area contributed by atoms with Crippen molar-refractivity contribution in [3.05, 3.63) is 17.0 Å². The molecule has 2 atom stereocenters. The van der Waals surface area contributed by atoms with Gasteiger partial charge < -0.3 is 10.4 Å². The van der Waals surface area contributed by atoms with Crippen LogP contribution in [0.15, 0.2) is 17.0 Å².